The van der Waals surface area contributed by atoms with Crippen LogP contribution in [0.4, 0.5) is 0 Å². The zero-order chi connectivity index (χ0) is 21.9. The number of aliphatic hydroxyl groups is 1. The molecule has 7 heteroatoms. The van der Waals surface area contributed by atoms with Crippen molar-refractivity contribution in [3.8, 4) is 5.75 Å². The molecule has 0 spiro atoms. The maximum Gasteiger partial charge on any atom is 0.260 e. The van der Waals surface area contributed by atoms with E-state index in [0.717, 1.165) is 6.54 Å². The number of carbonyl (C=O) groups is 1. The summed E-state index contributed by atoms with van der Waals surface area (Å²) in [5, 5.41) is 10.2. The molecule has 1 aromatic carbocycles. The SMILES string of the molecule is CC(C)CN(CC1CN(CC(O)COC(C)C)CCO1)C(=O)COc1ccccc1. The van der Waals surface area contributed by atoms with E-state index in [9.17, 15) is 9.90 Å². The molecule has 2 unspecified atom stereocenters. The second-order valence-electron chi connectivity index (χ2n) is 8.58. The minimum Gasteiger partial charge on any atom is -0.484 e. The number of ether oxygens (including phenoxy) is 3. The van der Waals surface area contributed by atoms with Gasteiger partial charge >= 0.3 is 0 Å². The third-order valence-electron chi connectivity index (χ3n) is 4.78. The van der Waals surface area contributed by atoms with Gasteiger partial charge in [0.05, 0.1) is 31.5 Å². The summed E-state index contributed by atoms with van der Waals surface area (Å²) < 4.78 is 17.1. The van der Waals surface area contributed by atoms with E-state index in [-0.39, 0.29) is 24.7 Å². The van der Waals surface area contributed by atoms with E-state index >= 15 is 0 Å². The number of carbonyl (C=O) groups excluding carboxylic acids is 1. The first-order valence-electron chi connectivity index (χ1n) is 10.9. The van der Waals surface area contributed by atoms with E-state index in [1.165, 1.54) is 0 Å². The predicted octanol–water partition coefficient (Wildman–Crippen LogP) is 2.04. The molecule has 1 aliphatic heterocycles. The van der Waals surface area contributed by atoms with Crippen LogP contribution >= 0.6 is 0 Å². The van der Waals surface area contributed by atoms with Crippen LogP contribution in [0.2, 0.25) is 0 Å². The summed E-state index contributed by atoms with van der Waals surface area (Å²) in [4.78, 5) is 16.8. The highest BCUT2D eigenvalue weighted by molar-refractivity contribution is 5.77. The van der Waals surface area contributed by atoms with Gasteiger partial charge in [-0.05, 0) is 31.9 Å². The number of aliphatic hydroxyl groups excluding tert-OH is 1. The van der Waals surface area contributed by atoms with Crippen molar-refractivity contribution < 1.29 is 24.1 Å². The van der Waals surface area contributed by atoms with Gasteiger partial charge in [0.25, 0.3) is 5.91 Å². The molecule has 0 aromatic heterocycles. The molecule has 2 rings (SSSR count). The summed E-state index contributed by atoms with van der Waals surface area (Å²) in [7, 11) is 0. The van der Waals surface area contributed by atoms with Gasteiger partial charge in [-0.25, -0.2) is 0 Å². The number of hydrogen-bond acceptors (Lipinski definition) is 6. The van der Waals surface area contributed by atoms with Gasteiger partial charge in [0.15, 0.2) is 6.61 Å². The number of para-hydroxylation sites is 1. The fraction of sp³-hybridized carbons (Fsp3) is 0.696. The van der Waals surface area contributed by atoms with Gasteiger partial charge < -0.3 is 24.2 Å². The molecular weight excluding hydrogens is 384 g/mol. The molecule has 0 radical (unpaired) electrons. The minimum absolute atomic E-state index is 0.0123. The minimum atomic E-state index is -0.529. The largest absolute Gasteiger partial charge is 0.484 e. The summed E-state index contributed by atoms with van der Waals surface area (Å²) >= 11 is 0. The van der Waals surface area contributed by atoms with E-state index in [1.807, 2.05) is 49.1 Å². The monoisotopic (exact) mass is 422 g/mol. The lowest BCUT2D eigenvalue weighted by molar-refractivity contribution is -0.137. The first-order chi connectivity index (χ1) is 14.3. The molecular formula is C23H38N2O5. The Hall–Kier alpha value is -1.67. The van der Waals surface area contributed by atoms with Crippen molar-refractivity contribution in [3.05, 3.63) is 30.3 Å². The van der Waals surface area contributed by atoms with E-state index < -0.39 is 6.10 Å². The van der Waals surface area contributed by atoms with Crippen molar-refractivity contribution in [2.45, 2.75) is 46.0 Å². The molecule has 7 nitrogen and oxygen atoms in total. The van der Waals surface area contributed by atoms with Crippen LogP contribution in [-0.4, -0.2) is 91.7 Å². The normalized spacial score (nSPS) is 18.6. The predicted molar refractivity (Wildman–Crippen MR) is 117 cm³/mol. The summed E-state index contributed by atoms with van der Waals surface area (Å²) in [6.07, 6.45) is -0.513. The van der Waals surface area contributed by atoms with Crippen molar-refractivity contribution in [1.82, 2.24) is 9.80 Å². The number of hydrogen-bond donors (Lipinski definition) is 1. The Labute approximate surface area is 180 Å². The van der Waals surface area contributed by atoms with Crippen molar-refractivity contribution in [2.75, 3.05) is 52.5 Å². The molecule has 1 amide bonds. The number of nitrogens with zero attached hydrogens (tertiary/aromatic N) is 2. The average molecular weight is 423 g/mol. The first-order valence-corrected chi connectivity index (χ1v) is 10.9. The highest BCUT2D eigenvalue weighted by atomic mass is 16.5. The van der Waals surface area contributed by atoms with E-state index in [4.69, 9.17) is 14.2 Å². The van der Waals surface area contributed by atoms with Gasteiger partial charge in [-0.15, -0.1) is 0 Å². The van der Waals surface area contributed by atoms with E-state index in [2.05, 4.69) is 18.7 Å². The maximum absolute atomic E-state index is 12.8. The molecule has 170 valence electrons. The lowest BCUT2D eigenvalue weighted by atomic mass is 10.1. The Morgan fingerprint density at radius 3 is 2.67 bits per heavy atom. The Morgan fingerprint density at radius 1 is 1.27 bits per heavy atom. The molecule has 1 aliphatic rings. The highest BCUT2D eigenvalue weighted by Crippen LogP contribution is 2.12. The first kappa shape index (κ1) is 24.6. The zero-order valence-electron chi connectivity index (χ0n) is 18.8. The fourth-order valence-electron chi connectivity index (χ4n) is 3.43. The molecule has 0 bridgehead atoms. The van der Waals surface area contributed by atoms with Crippen LogP contribution in [0, 0.1) is 5.92 Å². The van der Waals surface area contributed by atoms with Crippen molar-refractivity contribution >= 4 is 5.91 Å². The number of rotatable bonds is 12. The summed E-state index contributed by atoms with van der Waals surface area (Å²) in [5.74, 6) is 0.993. The zero-order valence-corrected chi connectivity index (χ0v) is 18.8. The standard InChI is InChI=1S/C23H38N2O5/c1-18(2)12-25(23(27)17-30-21-8-6-5-7-9-21)15-22-14-24(10-11-28-22)13-20(26)16-29-19(3)4/h5-9,18-20,22,26H,10-17H2,1-4H3. The van der Waals surface area contributed by atoms with Gasteiger partial charge in [0.2, 0.25) is 0 Å². The Balaban J connectivity index is 1.85. The smallest absolute Gasteiger partial charge is 0.260 e. The molecule has 2 atom stereocenters. The van der Waals surface area contributed by atoms with Gasteiger partial charge in [0, 0.05) is 32.7 Å². The number of amides is 1. The van der Waals surface area contributed by atoms with Gasteiger partial charge in [-0.2, -0.15) is 0 Å². The summed E-state index contributed by atoms with van der Waals surface area (Å²) in [6, 6.07) is 9.37. The van der Waals surface area contributed by atoms with Crippen LogP contribution in [0.3, 0.4) is 0 Å². The van der Waals surface area contributed by atoms with E-state index in [0.29, 0.717) is 51.1 Å². The van der Waals surface area contributed by atoms with Crippen LogP contribution < -0.4 is 4.74 Å². The Morgan fingerprint density at radius 2 is 2.00 bits per heavy atom. The number of benzene rings is 1. The quantitative estimate of drug-likeness (QED) is 0.556. The Kier molecular flexibility index (Phi) is 10.6. The summed E-state index contributed by atoms with van der Waals surface area (Å²) in [5.41, 5.74) is 0. The maximum atomic E-state index is 12.8. The molecule has 1 fully saturated rings. The molecule has 1 saturated heterocycles. The third-order valence-corrected chi connectivity index (χ3v) is 4.78. The van der Waals surface area contributed by atoms with Crippen LogP contribution in [0.15, 0.2) is 30.3 Å². The van der Waals surface area contributed by atoms with Gasteiger partial charge in [-0.3, -0.25) is 9.69 Å². The van der Waals surface area contributed by atoms with E-state index in [1.54, 1.807) is 0 Å². The number of morpholine rings is 1. The van der Waals surface area contributed by atoms with Crippen LogP contribution in [0.25, 0.3) is 0 Å². The fourth-order valence-corrected chi connectivity index (χ4v) is 3.43. The topological polar surface area (TPSA) is 71.5 Å². The van der Waals surface area contributed by atoms with Crippen LogP contribution in [0.5, 0.6) is 5.75 Å². The molecule has 1 N–H and O–H groups in total. The Bertz CT molecular complexity index is 611. The second kappa shape index (κ2) is 12.9. The number of β-amino-alcohol motifs (C(OH)–C–C–N with tert-alkyl or cyclic N) is 1. The van der Waals surface area contributed by atoms with Crippen molar-refractivity contribution in [3.63, 3.8) is 0 Å². The molecule has 0 saturated carbocycles. The van der Waals surface area contributed by atoms with Crippen molar-refractivity contribution in [2.24, 2.45) is 5.92 Å². The molecule has 1 heterocycles. The van der Waals surface area contributed by atoms with Crippen molar-refractivity contribution in [1.29, 1.82) is 0 Å². The molecule has 30 heavy (non-hydrogen) atoms. The van der Waals surface area contributed by atoms with Gasteiger partial charge in [0.1, 0.15) is 5.75 Å². The third kappa shape index (κ3) is 9.43. The molecule has 1 aromatic rings. The second-order valence-corrected chi connectivity index (χ2v) is 8.58. The average Bonchev–Trinajstić information content (AvgIpc) is 2.71. The van der Waals surface area contributed by atoms with Crippen LogP contribution in [-0.2, 0) is 14.3 Å². The molecule has 0 aliphatic carbocycles. The lowest BCUT2D eigenvalue weighted by Gasteiger charge is -2.37. The lowest BCUT2D eigenvalue weighted by Crippen LogP contribution is -2.51. The summed E-state index contributed by atoms with van der Waals surface area (Å²) in [6.45, 7) is 12.2. The van der Waals surface area contributed by atoms with Gasteiger partial charge in [-0.1, -0.05) is 32.0 Å². The van der Waals surface area contributed by atoms with Crippen LogP contribution in [0.1, 0.15) is 27.7 Å². The highest BCUT2D eigenvalue weighted by Gasteiger charge is 2.26.